The number of piperidine rings is 1. The van der Waals surface area contributed by atoms with E-state index in [2.05, 4.69) is 65.0 Å². The van der Waals surface area contributed by atoms with Gasteiger partial charge >= 0.3 is 0 Å². The van der Waals surface area contributed by atoms with Crippen molar-refractivity contribution < 1.29 is 9.22 Å². The van der Waals surface area contributed by atoms with Crippen molar-refractivity contribution in [2.24, 2.45) is 0 Å². The zero-order valence-corrected chi connectivity index (χ0v) is 23.5. The summed E-state index contributed by atoms with van der Waals surface area (Å²) >= 11 is 6.07. The molecule has 5 heteroatoms. The smallest absolute Gasteiger partial charge is 0.232 e. The van der Waals surface area contributed by atoms with Crippen LogP contribution in [0.3, 0.4) is 0 Å². The lowest BCUT2D eigenvalue weighted by atomic mass is 9.63. The van der Waals surface area contributed by atoms with Crippen molar-refractivity contribution in [2.45, 2.75) is 82.8 Å². The number of carbonyl (C=O) groups excluding carboxylic acids is 1. The standard InChI is InChI=1S/C28H40ClNO2Si/c1-25(2,3)33-32-27(6,7)28(22-11-9-8-10-12-22)17-19-30(20-18-28)24(31)26(4,5)21-13-15-23(29)16-14-21/h8-16H,17-20,33H2,1-7H3. The second-order valence-electron chi connectivity index (χ2n) is 11.7. The third kappa shape index (κ3) is 5.55. The summed E-state index contributed by atoms with van der Waals surface area (Å²) in [4.78, 5) is 15.7. The van der Waals surface area contributed by atoms with Gasteiger partial charge in [0.1, 0.15) is 0 Å². The number of halogens is 1. The predicted octanol–water partition coefficient (Wildman–Crippen LogP) is 6.28. The summed E-state index contributed by atoms with van der Waals surface area (Å²) in [5.74, 6) is 0.175. The van der Waals surface area contributed by atoms with Crippen LogP contribution < -0.4 is 0 Å². The van der Waals surface area contributed by atoms with Gasteiger partial charge < -0.3 is 9.33 Å². The molecule has 0 bridgehead atoms. The van der Waals surface area contributed by atoms with E-state index in [1.165, 1.54) is 5.56 Å². The first kappa shape index (κ1) is 26.0. The Balaban J connectivity index is 1.84. The first-order valence-electron chi connectivity index (χ1n) is 12.0. The molecule has 1 saturated heterocycles. The van der Waals surface area contributed by atoms with Crippen molar-refractivity contribution in [3.63, 3.8) is 0 Å². The Morgan fingerprint density at radius 3 is 1.97 bits per heavy atom. The SMILES string of the molecule is CC(C)(C)[SiH2]OC(C)(C)C1(c2ccccc2)CCN(C(=O)C(C)(C)c2ccc(Cl)cc2)CC1. The molecule has 1 aliphatic rings. The van der Waals surface area contributed by atoms with Gasteiger partial charge in [-0.3, -0.25) is 4.79 Å². The summed E-state index contributed by atoms with van der Waals surface area (Å²) in [7, 11) is -0.722. The predicted molar refractivity (Wildman–Crippen MR) is 142 cm³/mol. The highest BCUT2D eigenvalue weighted by molar-refractivity contribution is 6.32. The normalized spacial score (nSPS) is 17.5. The maximum absolute atomic E-state index is 13.6. The molecule has 1 fully saturated rings. The molecule has 3 nitrogen and oxygen atoms in total. The van der Waals surface area contributed by atoms with E-state index in [1.807, 2.05) is 43.0 Å². The zero-order chi connectivity index (χ0) is 24.5. The Bertz CT molecular complexity index is 940. The van der Waals surface area contributed by atoms with Crippen LogP contribution in [0.5, 0.6) is 0 Å². The molecule has 1 heterocycles. The monoisotopic (exact) mass is 485 g/mol. The van der Waals surface area contributed by atoms with E-state index in [9.17, 15) is 4.79 Å². The summed E-state index contributed by atoms with van der Waals surface area (Å²) in [6.45, 7) is 16.8. The van der Waals surface area contributed by atoms with Crippen LogP contribution in [0.1, 0.15) is 72.4 Å². The highest BCUT2D eigenvalue weighted by Gasteiger charge is 2.50. The molecule has 3 rings (SSSR count). The largest absolute Gasteiger partial charge is 0.418 e. The van der Waals surface area contributed by atoms with Gasteiger partial charge in [-0.1, -0.05) is 74.8 Å². The number of hydrogen-bond donors (Lipinski definition) is 0. The Morgan fingerprint density at radius 2 is 1.45 bits per heavy atom. The molecule has 33 heavy (non-hydrogen) atoms. The second kappa shape index (κ2) is 9.56. The number of benzene rings is 2. The molecule has 180 valence electrons. The van der Waals surface area contributed by atoms with E-state index >= 15 is 0 Å². The molecule has 0 saturated carbocycles. The Kier molecular flexibility index (Phi) is 7.53. The van der Waals surface area contributed by atoms with Gasteiger partial charge in [-0.15, -0.1) is 0 Å². The second-order valence-corrected chi connectivity index (χ2v) is 14.9. The van der Waals surface area contributed by atoms with E-state index in [4.69, 9.17) is 16.0 Å². The minimum Gasteiger partial charge on any atom is -0.418 e. The van der Waals surface area contributed by atoms with E-state index in [0.717, 1.165) is 31.5 Å². The lowest BCUT2D eigenvalue weighted by Crippen LogP contribution is -2.58. The van der Waals surface area contributed by atoms with Gasteiger partial charge in [0.15, 0.2) is 9.76 Å². The molecule has 1 amide bonds. The van der Waals surface area contributed by atoms with E-state index in [0.29, 0.717) is 5.02 Å². The van der Waals surface area contributed by atoms with E-state index < -0.39 is 15.2 Å². The van der Waals surface area contributed by atoms with Gasteiger partial charge in [0, 0.05) is 23.5 Å². The highest BCUT2D eigenvalue weighted by atomic mass is 35.5. The van der Waals surface area contributed by atoms with Crippen molar-refractivity contribution in [1.82, 2.24) is 4.90 Å². The average molecular weight is 486 g/mol. The van der Waals surface area contributed by atoms with Crippen LogP contribution in [0.4, 0.5) is 0 Å². The van der Waals surface area contributed by atoms with Crippen LogP contribution in [0.15, 0.2) is 54.6 Å². The van der Waals surface area contributed by atoms with Crippen LogP contribution >= 0.6 is 11.6 Å². The Morgan fingerprint density at radius 1 is 0.909 bits per heavy atom. The molecule has 0 N–H and O–H groups in total. The van der Waals surface area contributed by atoms with Crippen molar-refractivity contribution in [3.05, 3.63) is 70.7 Å². The first-order chi connectivity index (χ1) is 15.3. The molecule has 0 spiro atoms. The molecule has 0 unspecified atom stereocenters. The lowest BCUT2D eigenvalue weighted by Gasteiger charge is -2.53. The summed E-state index contributed by atoms with van der Waals surface area (Å²) in [6.07, 6.45) is 1.79. The van der Waals surface area contributed by atoms with Crippen molar-refractivity contribution >= 4 is 27.3 Å². The molecule has 2 aromatic carbocycles. The molecule has 2 aromatic rings. The molecule has 0 atom stereocenters. The Labute approximate surface area is 207 Å². The number of hydrogen-bond acceptors (Lipinski definition) is 2. The average Bonchev–Trinajstić information content (AvgIpc) is 2.77. The highest BCUT2D eigenvalue weighted by Crippen LogP contribution is 2.47. The molecular formula is C28H40ClNO2Si. The van der Waals surface area contributed by atoms with Crippen molar-refractivity contribution in [2.75, 3.05) is 13.1 Å². The van der Waals surface area contributed by atoms with Gasteiger partial charge in [0.2, 0.25) is 5.91 Å². The summed E-state index contributed by atoms with van der Waals surface area (Å²) in [5, 5.41) is 0.919. The maximum atomic E-state index is 13.6. The lowest BCUT2D eigenvalue weighted by molar-refractivity contribution is -0.139. The summed E-state index contributed by atoms with van der Waals surface area (Å²) < 4.78 is 6.76. The van der Waals surface area contributed by atoms with Crippen LogP contribution in [-0.4, -0.2) is 39.3 Å². The quantitative estimate of drug-likeness (QED) is 0.451. The van der Waals surface area contributed by atoms with E-state index in [1.54, 1.807) is 0 Å². The summed E-state index contributed by atoms with van der Waals surface area (Å²) in [6, 6.07) is 18.4. The fraction of sp³-hybridized carbons (Fsp3) is 0.536. The first-order valence-corrected chi connectivity index (χ1v) is 13.7. The molecule has 1 aliphatic heterocycles. The van der Waals surface area contributed by atoms with Gasteiger partial charge in [-0.25, -0.2) is 0 Å². The topological polar surface area (TPSA) is 29.5 Å². The van der Waals surface area contributed by atoms with Gasteiger partial charge in [0.05, 0.1) is 11.0 Å². The van der Waals surface area contributed by atoms with Crippen LogP contribution in [0, 0.1) is 0 Å². The Hall–Kier alpha value is -1.62. The molecule has 0 aromatic heterocycles. The molecule has 0 radical (unpaired) electrons. The van der Waals surface area contributed by atoms with Gasteiger partial charge in [-0.2, -0.15) is 0 Å². The minimum absolute atomic E-state index is 0.117. The van der Waals surface area contributed by atoms with E-state index in [-0.39, 0.29) is 22.0 Å². The van der Waals surface area contributed by atoms with Gasteiger partial charge in [0.25, 0.3) is 0 Å². The molecular weight excluding hydrogens is 446 g/mol. The van der Waals surface area contributed by atoms with Crippen LogP contribution in [0.25, 0.3) is 0 Å². The zero-order valence-electron chi connectivity index (χ0n) is 21.4. The number of amides is 1. The van der Waals surface area contributed by atoms with Crippen LogP contribution in [-0.2, 0) is 20.1 Å². The maximum Gasteiger partial charge on any atom is 0.232 e. The molecule has 0 aliphatic carbocycles. The third-order valence-electron chi connectivity index (χ3n) is 7.35. The minimum atomic E-state index is -0.722. The van der Waals surface area contributed by atoms with Crippen molar-refractivity contribution in [1.29, 1.82) is 0 Å². The third-order valence-corrected chi connectivity index (χ3v) is 9.33. The number of nitrogens with zero attached hydrogens (tertiary/aromatic N) is 1. The van der Waals surface area contributed by atoms with Crippen molar-refractivity contribution in [3.8, 4) is 0 Å². The van der Waals surface area contributed by atoms with Gasteiger partial charge in [-0.05, 0) is 68.8 Å². The number of rotatable bonds is 6. The summed E-state index contributed by atoms with van der Waals surface area (Å²) in [5.41, 5.74) is 1.31. The number of likely N-dealkylation sites (tertiary alicyclic amines) is 1. The fourth-order valence-corrected chi connectivity index (χ4v) is 6.20. The fourth-order valence-electron chi connectivity index (χ4n) is 5.01. The van der Waals surface area contributed by atoms with Crippen LogP contribution in [0.2, 0.25) is 10.1 Å². The number of carbonyl (C=O) groups is 1.